The molecule has 0 spiro atoms. The van der Waals surface area contributed by atoms with Crippen LogP contribution in [0.25, 0.3) is 0 Å². The van der Waals surface area contributed by atoms with Crippen molar-refractivity contribution in [1.29, 1.82) is 0 Å². The van der Waals surface area contributed by atoms with Gasteiger partial charge in [0.15, 0.2) is 0 Å². The number of rotatable bonds is 4. The van der Waals surface area contributed by atoms with Crippen LogP contribution in [-0.4, -0.2) is 42.5 Å². The van der Waals surface area contributed by atoms with E-state index in [1.807, 2.05) is 0 Å². The molecule has 6 heteroatoms. The van der Waals surface area contributed by atoms with E-state index in [-0.39, 0.29) is 5.88 Å². The van der Waals surface area contributed by atoms with E-state index in [2.05, 4.69) is 9.72 Å². The summed E-state index contributed by atoms with van der Waals surface area (Å²) in [6.07, 6.45) is 3.27. The molecule has 18 heavy (non-hydrogen) atoms. The Kier molecular flexibility index (Phi) is 4.09. The first-order chi connectivity index (χ1) is 8.70. The average molecular weight is 254 g/mol. The number of hydrogen-bond donors (Lipinski definition) is 0. The molecule has 5 nitrogen and oxygen atoms in total. The Morgan fingerprint density at radius 2 is 2.17 bits per heavy atom. The van der Waals surface area contributed by atoms with Crippen LogP contribution in [0.1, 0.15) is 23.2 Å². The highest BCUT2D eigenvalue weighted by Gasteiger charge is 2.22. The third kappa shape index (κ3) is 2.95. The minimum absolute atomic E-state index is 0.155. The molecule has 1 atom stereocenters. The predicted molar refractivity (Wildman–Crippen MR) is 61.9 cm³/mol. The number of ether oxygens (including phenoxy) is 2. The lowest BCUT2D eigenvalue weighted by Gasteiger charge is -2.20. The zero-order chi connectivity index (χ0) is 13.0. The summed E-state index contributed by atoms with van der Waals surface area (Å²) in [5, 5.41) is 0. The highest BCUT2D eigenvalue weighted by molar-refractivity contribution is 5.88. The maximum absolute atomic E-state index is 13.7. The van der Waals surface area contributed by atoms with Crippen LogP contribution in [0.2, 0.25) is 0 Å². The van der Waals surface area contributed by atoms with Crippen LogP contribution in [0.4, 0.5) is 4.39 Å². The smallest absolute Gasteiger partial charge is 0.339 e. The van der Waals surface area contributed by atoms with Crippen LogP contribution in [0.15, 0.2) is 18.3 Å². The average Bonchev–Trinajstić information content (AvgIpc) is 2.92. The number of aromatic nitrogens is 1. The van der Waals surface area contributed by atoms with Crippen molar-refractivity contribution in [1.82, 2.24) is 9.88 Å². The fraction of sp³-hybridized carbons (Fsp3) is 0.500. The number of pyridine rings is 1. The van der Waals surface area contributed by atoms with Gasteiger partial charge >= 0.3 is 12.5 Å². The van der Waals surface area contributed by atoms with Crippen molar-refractivity contribution in [2.24, 2.45) is 0 Å². The third-order valence-electron chi connectivity index (χ3n) is 2.80. The van der Waals surface area contributed by atoms with E-state index in [0.717, 1.165) is 12.8 Å². The van der Waals surface area contributed by atoms with Gasteiger partial charge in [-0.25, -0.2) is 14.7 Å². The first kappa shape index (κ1) is 12.8. The van der Waals surface area contributed by atoms with Crippen molar-refractivity contribution in [3.63, 3.8) is 0 Å². The molecular formula is C12H15FN2O3. The third-order valence-corrected chi connectivity index (χ3v) is 2.80. The summed E-state index contributed by atoms with van der Waals surface area (Å²) in [4.78, 5) is 16.6. The zero-order valence-corrected chi connectivity index (χ0v) is 10.1. The van der Waals surface area contributed by atoms with Gasteiger partial charge in [-0.15, -0.1) is 0 Å². The van der Waals surface area contributed by atoms with Crippen LogP contribution < -0.4 is 4.74 Å². The second kappa shape index (κ2) is 5.77. The van der Waals surface area contributed by atoms with Crippen LogP contribution in [-0.2, 0) is 4.74 Å². The van der Waals surface area contributed by atoms with Gasteiger partial charge in [0.1, 0.15) is 0 Å². The number of carbonyl (C=O) groups excluding carboxylic acids is 1. The SMILES string of the molecule is COC(=O)c1ccc(OC(F)N2CCCC2)nc1. The Hall–Kier alpha value is -1.69. The van der Waals surface area contributed by atoms with Gasteiger partial charge in [0.2, 0.25) is 5.88 Å². The van der Waals surface area contributed by atoms with E-state index in [1.165, 1.54) is 25.4 Å². The molecule has 1 aliphatic heterocycles. The van der Waals surface area contributed by atoms with E-state index in [4.69, 9.17) is 4.74 Å². The predicted octanol–water partition coefficient (Wildman–Crippen LogP) is 1.60. The van der Waals surface area contributed by atoms with Gasteiger partial charge in [0.25, 0.3) is 0 Å². The molecule has 1 aliphatic rings. The molecule has 1 fully saturated rings. The van der Waals surface area contributed by atoms with Crippen molar-refractivity contribution in [2.45, 2.75) is 19.3 Å². The van der Waals surface area contributed by atoms with Crippen molar-refractivity contribution >= 4 is 5.97 Å². The zero-order valence-electron chi connectivity index (χ0n) is 10.1. The Morgan fingerprint density at radius 3 is 2.72 bits per heavy atom. The number of halogens is 1. The first-order valence-corrected chi connectivity index (χ1v) is 5.80. The maximum Gasteiger partial charge on any atom is 0.339 e. The second-order valence-corrected chi connectivity index (χ2v) is 4.03. The van der Waals surface area contributed by atoms with E-state index >= 15 is 0 Å². The number of esters is 1. The van der Waals surface area contributed by atoms with Crippen molar-refractivity contribution < 1.29 is 18.7 Å². The van der Waals surface area contributed by atoms with Gasteiger partial charge in [0.05, 0.1) is 12.7 Å². The fourth-order valence-corrected chi connectivity index (χ4v) is 1.81. The summed E-state index contributed by atoms with van der Waals surface area (Å²) in [5.41, 5.74) is 0.307. The number of alkyl halides is 1. The molecule has 1 saturated heterocycles. The van der Waals surface area contributed by atoms with Crippen molar-refractivity contribution in [3.05, 3.63) is 23.9 Å². The summed E-state index contributed by atoms with van der Waals surface area (Å²) in [5.74, 6) is -0.326. The largest absolute Gasteiger partial charge is 0.465 e. The number of likely N-dealkylation sites (tertiary alicyclic amines) is 1. The van der Waals surface area contributed by atoms with Gasteiger partial charge < -0.3 is 9.47 Å². The molecule has 0 saturated carbocycles. The maximum atomic E-state index is 13.7. The fourth-order valence-electron chi connectivity index (χ4n) is 1.81. The second-order valence-electron chi connectivity index (χ2n) is 4.03. The van der Waals surface area contributed by atoms with Crippen LogP contribution in [0.3, 0.4) is 0 Å². The molecule has 0 N–H and O–H groups in total. The summed E-state index contributed by atoms with van der Waals surface area (Å²) in [7, 11) is 1.29. The van der Waals surface area contributed by atoms with E-state index in [0.29, 0.717) is 18.7 Å². The van der Waals surface area contributed by atoms with Gasteiger partial charge in [-0.1, -0.05) is 0 Å². The molecule has 2 rings (SSSR count). The summed E-state index contributed by atoms with van der Waals surface area (Å²) in [6, 6.07) is 2.94. The molecule has 0 radical (unpaired) electrons. The molecule has 1 aromatic rings. The van der Waals surface area contributed by atoms with E-state index in [1.54, 1.807) is 4.90 Å². The topological polar surface area (TPSA) is 51.7 Å². The Bertz CT molecular complexity index is 404. The highest BCUT2D eigenvalue weighted by atomic mass is 19.1. The Labute approximate surface area is 105 Å². The lowest BCUT2D eigenvalue weighted by Crippen LogP contribution is -2.33. The molecular weight excluding hydrogens is 239 g/mol. The Morgan fingerprint density at radius 1 is 1.44 bits per heavy atom. The van der Waals surface area contributed by atoms with Crippen molar-refractivity contribution in [3.8, 4) is 5.88 Å². The molecule has 0 bridgehead atoms. The summed E-state index contributed by atoms with van der Waals surface area (Å²) in [6.45, 7) is -0.0907. The Balaban J connectivity index is 1.95. The lowest BCUT2D eigenvalue weighted by atomic mass is 10.3. The van der Waals surface area contributed by atoms with Gasteiger partial charge in [-0.3, -0.25) is 0 Å². The minimum atomic E-state index is -1.48. The normalized spacial score (nSPS) is 17.4. The standard InChI is InChI=1S/C12H15FN2O3/c1-17-11(16)9-4-5-10(14-8-9)18-12(13)15-6-2-3-7-15/h4-5,8,12H,2-3,6-7H2,1H3. The number of methoxy groups -OCH3 is 1. The summed E-state index contributed by atoms with van der Waals surface area (Å²) < 4.78 is 23.3. The molecule has 0 aliphatic carbocycles. The lowest BCUT2D eigenvalue weighted by molar-refractivity contribution is -0.0647. The van der Waals surface area contributed by atoms with Crippen molar-refractivity contribution in [2.75, 3.05) is 20.2 Å². The minimum Gasteiger partial charge on any atom is -0.465 e. The number of hydrogen-bond acceptors (Lipinski definition) is 5. The van der Waals surface area contributed by atoms with Gasteiger partial charge in [0, 0.05) is 25.4 Å². The molecule has 1 unspecified atom stereocenters. The van der Waals surface area contributed by atoms with Gasteiger partial charge in [-0.05, 0) is 18.9 Å². The molecule has 2 heterocycles. The monoisotopic (exact) mass is 254 g/mol. The quantitative estimate of drug-likeness (QED) is 0.603. The molecule has 0 aromatic carbocycles. The molecule has 0 amide bonds. The van der Waals surface area contributed by atoms with E-state index < -0.39 is 12.5 Å². The highest BCUT2D eigenvalue weighted by Crippen LogP contribution is 2.17. The van der Waals surface area contributed by atoms with Crippen LogP contribution >= 0.6 is 0 Å². The molecule has 98 valence electrons. The van der Waals surface area contributed by atoms with Gasteiger partial charge in [-0.2, -0.15) is 4.39 Å². The van der Waals surface area contributed by atoms with E-state index in [9.17, 15) is 9.18 Å². The summed E-state index contributed by atoms with van der Waals surface area (Å²) >= 11 is 0. The first-order valence-electron chi connectivity index (χ1n) is 5.80. The molecule has 1 aromatic heterocycles. The number of nitrogens with zero attached hydrogens (tertiary/aromatic N) is 2. The number of carbonyl (C=O) groups is 1. The van der Waals surface area contributed by atoms with Crippen LogP contribution in [0, 0.1) is 0 Å². The van der Waals surface area contributed by atoms with Crippen LogP contribution in [0.5, 0.6) is 5.88 Å².